The van der Waals surface area contributed by atoms with Gasteiger partial charge in [-0.1, -0.05) is 37.9 Å². The van der Waals surface area contributed by atoms with Crippen molar-refractivity contribution in [3.63, 3.8) is 0 Å². The van der Waals surface area contributed by atoms with Gasteiger partial charge in [0.25, 0.3) is 5.91 Å². The lowest BCUT2D eigenvalue weighted by Gasteiger charge is -2.09. The van der Waals surface area contributed by atoms with Crippen LogP contribution in [-0.4, -0.2) is 5.91 Å². The van der Waals surface area contributed by atoms with Crippen LogP contribution in [0, 0.1) is 12.7 Å². The fourth-order valence-corrected chi connectivity index (χ4v) is 2.31. The van der Waals surface area contributed by atoms with E-state index in [0.29, 0.717) is 10.2 Å². The Morgan fingerprint density at radius 3 is 2.47 bits per heavy atom. The minimum atomic E-state index is -0.548. The first-order chi connectivity index (χ1) is 8.97. The molecule has 0 radical (unpaired) electrons. The fraction of sp³-hybridized carbons (Fsp3) is 0.0714. The van der Waals surface area contributed by atoms with Crippen molar-refractivity contribution in [3.05, 3.63) is 62.3 Å². The van der Waals surface area contributed by atoms with E-state index in [9.17, 15) is 9.18 Å². The molecule has 1 N–H and O–H groups in total. The molecule has 0 spiro atoms. The lowest BCUT2D eigenvalue weighted by Crippen LogP contribution is -2.14. The number of halogens is 3. The monoisotopic (exact) mass is 385 g/mol. The first-order valence-corrected chi connectivity index (χ1v) is 7.08. The number of rotatable bonds is 2. The Morgan fingerprint density at radius 1 is 1.11 bits per heavy atom. The zero-order chi connectivity index (χ0) is 14.0. The van der Waals surface area contributed by atoms with Gasteiger partial charge in [-0.05, 0) is 42.8 Å². The smallest absolute Gasteiger partial charge is 0.258 e. The van der Waals surface area contributed by atoms with Gasteiger partial charge in [-0.3, -0.25) is 4.79 Å². The summed E-state index contributed by atoms with van der Waals surface area (Å²) in [6.45, 7) is 1.87. The highest BCUT2D eigenvalue weighted by molar-refractivity contribution is 9.10. The van der Waals surface area contributed by atoms with E-state index in [2.05, 4.69) is 37.2 Å². The van der Waals surface area contributed by atoms with E-state index in [1.807, 2.05) is 19.1 Å². The number of hydrogen-bond acceptors (Lipinski definition) is 1. The maximum Gasteiger partial charge on any atom is 0.258 e. The Bertz CT molecular complexity index is 643. The third kappa shape index (κ3) is 3.42. The van der Waals surface area contributed by atoms with Gasteiger partial charge in [0.15, 0.2) is 0 Å². The molecule has 0 aliphatic carbocycles. The third-order valence-electron chi connectivity index (χ3n) is 2.62. The summed E-state index contributed by atoms with van der Waals surface area (Å²) in [5.41, 5.74) is 1.57. The molecule has 5 heteroatoms. The molecule has 0 atom stereocenters. The van der Waals surface area contributed by atoms with Crippen molar-refractivity contribution in [2.75, 3.05) is 5.32 Å². The third-order valence-corrected chi connectivity index (χ3v) is 3.61. The minimum absolute atomic E-state index is 0.00810. The molecule has 2 aromatic carbocycles. The SMILES string of the molecule is Cc1ccc(Br)cc1NC(=O)c1cc(Br)ccc1F. The quantitative estimate of drug-likeness (QED) is 0.780. The van der Waals surface area contributed by atoms with Gasteiger partial charge >= 0.3 is 0 Å². The van der Waals surface area contributed by atoms with E-state index < -0.39 is 11.7 Å². The van der Waals surface area contributed by atoms with E-state index in [1.54, 1.807) is 12.1 Å². The Labute approximate surface area is 127 Å². The maximum atomic E-state index is 13.6. The first-order valence-electron chi connectivity index (χ1n) is 5.50. The normalized spacial score (nSPS) is 10.3. The van der Waals surface area contributed by atoms with Gasteiger partial charge in [0.1, 0.15) is 5.82 Å². The molecule has 0 unspecified atom stereocenters. The molecule has 0 saturated carbocycles. The maximum absolute atomic E-state index is 13.6. The molecule has 2 nitrogen and oxygen atoms in total. The Balaban J connectivity index is 2.30. The van der Waals surface area contributed by atoms with Crippen molar-refractivity contribution < 1.29 is 9.18 Å². The molecule has 2 aromatic rings. The second-order valence-corrected chi connectivity index (χ2v) is 5.87. The van der Waals surface area contributed by atoms with E-state index in [4.69, 9.17) is 0 Å². The number of amides is 1. The number of nitrogens with one attached hydrogen (secondary N) is 1. The molecule has 0 heterocycles. The molecule has 1 amide bonds. The first kappa shape index (κ1) is 14.2. The van der Waals surface area contributed by atoms with E-state index in [1.165, 1.54) is 12.1 Å². The molecule has 0 aliphatic heterocycles. The van der Waals surface area contributed by atoms with Crippen LogP contribution in [0.1, 0.15) is 15.9 Å². The minimum Gasteiger partial charge on any atom is -0.322 e. The van der Waals surface area contributed by atoms with Gasteiger partial charge in [-0.15, -0.1) is 0 Å². The van der Waals surface area contributed by atoms with Gasteiger partial charge in [0, 0.05) is 14.6 Å². The molecule has 98 valence electrons. The molecule has 19 heavy (non-hydrogen) atoms. The fourth-order valence-electron chi connectivity index (χ4n) is 1.59. The molecule has 0 fully saturated rings. The highest BCUT2D eigenvalue weighted by atomic mass is 79.9. The van der Waals surface area contributed by atoms with Crippen LogP contribution in [0.5, 0.6) is 0 Å². The van der Waals surface area contributed by atoms with E-state index in [0.717, 1.165) is 10.0 Å². The predicted molar refractivity (Wildman–Crippen MR) is 80.9 cm³/mol. The molecule has 0 bridgehead atoms. The van der Waals surface area contributed by atoms with Gasteiger partial charge in [0.05, 0.1) is 5.56 Å². The molecule has 0 aliphatic rings. The van der Waals surface area contributed by atoms with Crippen LogP contribution in [0.25, 0.3) is 0 Å². The number of aryl methyl sites for hydroxylation is 1. The van der Waals surface area contributed by atoms with Crippen molar-refractivity contribution in [3.8, 4) is 0 Å². The second kappa shape index (κ2) is 5.84. The van der Waals surface area contributed by atoms with Crippen molar-refractivity contribution >= 4 is 43.5 Å². The van der Waals surface area contributed by atoms with Gasteiger partial charge in [-0.25, -0.2) is 4.39 Å². The highest BCUT2D eigenvalue weighted by Gasteiger charge is 2.13. The Kier molecular flexibility index (Phi) is 4.37. The number of carbonyl (C=O) groups is 1. The summed E-state index contributed by atoms with van der Waals surface area (Å²) in [7, 11) is 0. The molecule has 0 saturated heterocycles. The van der Waals surface area contributed by atoms with Crippen molar-refractivity contribution in [2.24, 2.45) is 0 Å². The van der Waals surface area contributed by atoms with Crippen LogP contribution < -0.4 is 5.32 Å². The Hall–Kier alpha value is -1.20. The number of carbonyl (C=O) groups excluding carboxylic acids is 1. The van der Waals surface area contributed by atoms with E-state index in [-0.39, 0.29) is 5.56 Å². The highest BCUT2D eigenvalue weighted by Crippen LogP contribution is 2.22. The van der Waals surface area contributed by atoms with Crippen molar-refractivity contribution in [1.82, 2.24) is 0 Å². The average molecular weight is 387 g/mol. The summed E-state index contributed by atoms with van der Waals surface area (Å²) < 4.78 is 15.1. The summed E-state index contributed by atoms with van der Waals surface area (Å²) in [5.74, 6) is -1.02. The number of hydrogen-bond donors (Lipinski definition) is 1. The van der Waals surface area contributed by atoms with Crippen LogP contribution in [-0.2, 0) is 0 Å². The lowest BCUT2D eigenvalue weighted by atomic mass is 10.1. The van der Waals surface area contributed by atoms with Crippen LogP contribution >= 0.6 is 31.9 Å². The number of benzene rings is 2. The zero-order valence-corrected chi connectivity index (χ0v) is 13.2. The van der Waals surface area contributed by atoms with Gasteiger partial charge in [0.2, 0.25) is 0 Å². The molecular weight excluding hydrogens is 377 g/mol. The van der Waals surface area contributed by atoms with Crippen LogP contribution in [0.3, 0.4) is 0 Å². The van der Waals surface area contributed by atoms with Crippen LogP contribution in [0.2, 0.25) is 0 Å². The average Bonchev–Trinajstić information content (AvgIpc) is 2.36. The predicted octanol–water partition coefficient (Wildman–Crippen LogP) is 4.91. The largest absolute Gasteiger partial charge is 0.322 e. The van der Waals surface area contributed by atoms with Gasteiger partial charge < -0.3 is 5.32 Å². The second-order valence-electron chi connectivity index (χ2n) is 4.04. The van der Waals surface area contributed by atoms with Crippen molar-refractivity contribution in [2.45, 2.75) is 6.92 Å². The van der Waals surface area contributed by atoms with Crippen molar-refractivity contribution in [1.29, 1.82) is 0 Å². The summed E-state index contributed by atoms with van der Waals surface area (Å²) in [6.07, 6.45) is 0. The summed E-state index contributed by atoms with van der Waals surface area (Å²) in [4.78, 5) is 12.1. The summed E-state index contributed by atoms with van der Waals surface area (Å²) in [5, 5.41) is 2.71. The van der Waals surface area contributed by atoms with Crippen LogP contribution in [0.15, 0.2) is 45.3 Å². The van der Waals surface area contributed by atoms with E-state index >= 15 is 0 Å². The number of anilines is 1. The summed E-state index contributed by atoms with van der Waals surface area (Å²) in [6, 6.07) is 9.80. The lowest BCUT2D eigenvalue weighted by molar-refractivity contribution is 0.102. The summed E-state index contributed by atoms with van der Waals surface area (Å²) >= 11 is 6.56. The standard InChI is InChI=1S/C14H10Br2FNO/c1-8-2-3-10(16)7-13(8)18-14(19)11-6-9(15)4-5-12(11)17/h2-7H,1H3,(H,18,19). The topological polar surface area (TPSA) is 29.1 Å². The van der Waals surface area contributed by atoms with Gasteiger partial charge in [-0.2, -0.15) is 0 Å². The van der Waals surface area contributed by atoms with Crippen LogP contribution in [0.4, 0.5) is 10.1 Å². The molecular formula is C14H10Br2FNO. The zero-order valence-electron chi connectivity index (χ0n) is 10.0. The molecule has 0 aromatic heterocycles. The molecule has 2 rings (SSSR count). The Morgan fingerprint density at radius 2 is 1.74 bits per heavy atom.